The smallest absolute Gasteiger partial charge is 0.261 e. The number of benzene rings is 2. The maximum Gasteiger partial charge on any atom is 0.261 e. The van der Waals surface area contributed by atoms with E-state index in [-0.39, 0.29) is 22.3 Å². The number of nitrogens with one attached hydrogen (secondary N) is 1. The van der Waals surface area contributed by atoms with Crippen molar-refractivity contribution in [3.05, 3.63) is 52.8 Å². The summed E-state index contributed by atoms with van der Waals surface area (Å²) in [6, 6.07) is 7.23. The number of nitrogens with zero attached hydrogens (tertiary/aromatic N) is 1. The van der Waals surface area contributed by atoms with E-state index in [0.29, 0.717) is 12.2 Å². The van der Waals surface area contributed by atoms with Crippen LogP contribution in [-0.2, 0) is 21.2 Å². The molecule has 0 aliphatic carbocycles. The van der Waals surface area contributed by atoms with Crippen LogP contribution in [0.3, 0.4) is 0 Å². The second-order valence-electron chi connectivity index (χ2n) is 6.90. The van der Waals surface area contributed by atoms with E-state index in [0.717, 1.165) is 35.7 Å². The van der Waals surface area contributed by atoms with Crippen LogP contribution in [0.5, 0.6) is 0 Å². The minimum Gasteiger partial charge on any atom is -0.311 e. The van der Waals surface area contributed by atoms with Gasteiger partial charge in [0, 0.05) is 12.2 Å². The zero-order valence-electron chi connectivity index (χ0n) is 14.5. The predicted octanol–water partition coefficient (Wildman–Crippen LogP) is 3.33. The molecule has 0 saturated heterocycles. The lowest BCUT2D eigenvalue weighted by molar-refractivity contribution is -0.119. The third-order valence-corrected chi connectivity index (χ3v) is 6.49. The average Bonchev–Trinajstić information content (AvgIpc) is 2.83. The van der Waals surface area contributed by atoms with Crippen LogP contribution < -0.4 is 9.62 Å². The van der Waals surface area contributed by atoms with Crippen LogP contribution in [0.2, 0.25) is 0 Å². The van der Waals surface area contributed by atoms with Crippen LogP contribution in [0, 0.1) is 12.7 Å². The summed E-state index contributed by atoms with van der Waals surface area (Å²) in [5, 5.41) is 0. The summed E-state index contributed by atoms with van der Waals surface area (Å²) in [6.45, 7) is 4.08. The molecule has 0 aromatic heterocycles. The molecule has 0 bridgehead atoms. The van der Waals surface area contributed by atoms with E-state index >= 15 is 0 Å². The fraction of sp³-hybridized carbons (Fsp3) is 0.316. The Morgan fingerprint density at radius 3 is 2.73 bits per heavy atom. The molecule has 7 heteroatoms. The SMILES string of the molecule is Cc1cc(S(=O)(=O)Nc2cc3c4c(c2)[C@@H](C)C(=O)N4CCC3)ccc1F. The Kier molecular flexibility index (Phi) is 3.80. The minimum absolute atomic E-state index is 0.0105. The summed E-state index contributed by atoms with van der Waals surface area (Å²) in [4.78, 5) is 14.2. The van der Waals surface area contributed by atoms with Gasteiger partial charge < -0.3 is 4.90 Å². The highest BCUT2D eigenvalue weighted by Crippen LogP contribution is 2.44. The Bertz CT molecular complexity index is 1030. The normalized spacial score (nSPS) is 18.8. The molecule has 0 radical (unpaired) electrons. The third-order valence-electron chi connectivity index (χ3n) is 5.11. The first-order chi connectivity index (χ1) is 12.3. The Balaban J connectivity index is 1.74. The van der Waals surface area contributed by atoms with Crippen molar-refractivity contribution in [2.24, 2.45) is 0 Å². The number of carbonyl (C=O) groups excluding carboxylic acids is 1. The maximum atomic E-state index is 13.4. The van der Waals surface area contributed by atoms with Gasteiger partial charge in [0.15, 0.2) is 0 Å². The molecule has 0 unspecified atom stereocenters. The molecule has 2 aromatic carbocycles. The molecule has 0 saturated carbocycles. The van der Waals surface area contributed by atoms with Crippen molar-refractivity contribution < 1.29 is 17.6 Å². The van der Waals surface area contributed by atoms with Crippen LogP contribution in [0.1, 0.15) is 36.0 Å². The second kappa shape index (κ2) is 5.81. The molecule has 1 atom stereocenters. The van der Waals surface area contributed by atoms with Gasteiger partial charge in [0.25, 0.3) is 10.0 Å². The highest BCUT2D eigenvalue weighted by molar-refractivity contribution is 7.92. The number of rotatable bonds is 3. The number of hydrogen-bond donors (Lipinski definition) is 1. The molecule has 26 heavy (non-hydrogen) atoms. The van der Waals surface area contributed by atoms with Crippen LogP contribution in [-0.4, -0.2) is 20.9 Å². The number of hydrogen-bond acceptors (Lipinski definition) is 3. The maximum absolute atomic E-state index is 13.4. The lowest BCUT2D eigenvalue weighted by Gasteiger charge is -2.26. The molecule has 2 heterocycles. The fourth-order valence-corrected chi connectivity index (χ4v) is 4.88. The zero-order chi connectivity index (χ0) is 18.6. The Labute approximate surface area is 151 Å². The van der Waals surface area contributed by atoms with Gasteiger partial charge in [-0.15, -0.1) is 0 Å². The zero-order valence-corrected chi connectivity index (χ0v) is 15.4. The van der Waals surface area contributed by atoms with Crippen molar-refractivity contribution >= 4 is 27.3 Å². The van der Waals surface area contributed by atoms with E-state index in [1.165, 1.54) is 19.1 Å². The van der Waals surface area contributed by atoms with Crippen LogP contribution >= 0.6 is 0 Å². The minimum atomic E-state index is -3.84. The Morgan fingerprint density at radius 2 is 2.00 bits per heavy atom. The number of aryl methyl sites for hydroxylation is 2. The van der Waals surface area contributed by atoms with Gasteiger partial charge in [-0.3, -0.25) is 9.52 Å². The summed E-state index contributed by atoms with van der Waals surface area (Å²) in [7, 11) is -3.84. The summed E-state index contributed by atoms with van der Waals surface area (Å²) in [5.74, 6) is -0.659. The molecule has 2 aromatic rings. The van der Waals surface area contributed by atoms with Crippen molar-refractivity contribution in [1.82, 2.24) is 0 Å². The van der Waals surface area contributed by atoms with Gasteiger partial charge in [0.05, 0.1) is 16.5 Å². The third kappa shape index (κ3) is 2.58. The predicted molar refractivity (Wildman–Crippen MR) is 97.5 cm³/mol. The summed E-state index contributed by atoms with van der Waals surface area (Å²) in [5.41, 5.74) is 3.49. The van der Waals surface area contributed by atoms with Crippen molar-refractivity contribution in [3.63, 3.8) is 0 Å². The molecule has 2 aliphatic heterocycles. The quantitative estimate of drug-likeness (QED) is 0.896. The first-order valence-electron chi connectivity index (χ1n) is 8.55. The lowest BCUT2D eigenvalue weighted by Crippen LogP contribution is -2.32. The number of amides is 1. The molecule has 4 rings (SSSR count). The molecular weight excluding hydrogens is 355 g/mol. The fourth-order valence-electron chi connectivity index (χ4n) is 3.75. The van der Waals surface area contributed by atoms with Crippen molar-refractivity contribution in [2.45, 2.75) is 37.5 Å². The summed E-state index contributed by atoms with van der Waals surface area (Å²) in [6.07, 6.45) is 1.67. The summed E-state index contributed by atoms with van der Waals surface area (Å²) < 4.78 is 41.4. The van der Waals surface area contributed by atoms with Gasteiger partial charge in [-0.25, -0.2) is 12.8 Å². The average molecular weight is 374 g/mol. The Morgan fingerprint density at radius 1 is 1.23 bits per heavy atom. The van der Waals surface area contributed by atoms with Crippen LogP contribution in [0.4, 0.5) is 15.8 Å². The molecule has 136 valence electrons. The van der Waals surface area contributed by atoms with E-state index in [2.05, 4.69) is 4.72 Å². The van der Waals surface area contributed by atoms with E-state index in [9.17, 15) is 17.6 Å². The van der Waals surface area contributed by atoms with Crippen LogP contribution in [0.25, 0.3) is 0 Å². The molecule has 0 fully saturated rings. The molecule has 1 amide bonds. The number of halogens is 1. The van der Waals surface area contributed by atoms with E-state index in [4.69, 9.17) is 0 Å². The van der Waals surface area contributed by atoms with Gasteiger partial charge >= 0.3 is 0 Å². The number of carbonyl (C=O) groups is 1. The van der Waals surface area contributed by atoms with Crippen LogP contribution in [0.15, 0.2) is 35.2 Å². The highest BCUT2D eigenvalue weighted by atomic mass is 32.2. The number of sulfonamides is 1. The van der Waals surface area contributed by atoms with Crippen molar-refractivity contribution in [2.75, 3.05) is 16.2 Å². The molecule has 0 spiro atoms. The van der Waals surface area contributed by atoms with Gasteiger partial charge in [0.2, 0.25) is 5.91 Å². The number of anilines is 2. The second-order valence-corrected chi connectivity index (χ2v) is 8.59. The van der Waals surface area contributed by atoms with Gasteiger partial charge in [0.1, 0.15) is 5.82 Å². The molecular formula is C19H19FN2O3S. The van der Waals surface area contributed by atoms with E-state index in [1.807, 2.05) is 6.92 Å². The first-order valence-corrected chi connectivity index (χ1v) is 10.0. The van der Waals surface area contributed by atoms with E-state index in [1.54, 1.807) is 17.0 Å². The molecule has 1 N–H and O–H groups in total. The molecule has 2 aliphatic rings. The first kappa shape index (κ1) is 17.0. The van der Waals surface area contributed by atoms with Crippen molar-refractivity contribution in [3.8, 4) is 0 Å². The van der Waals surface area contributed by atoms with Gasteiger partial charge in [-0.05, 0) is 73.7 Å². The van der Waals surface area contributed by atoms with Gasteiger partial charge in [-0.2, -0.15) is 0 Å². The lowest BCUT2D eigenvalue weighted by atomic mass is 9.96. The van der Waals surface area contributed by atoms with Crippen molar-refractivity contribution in [1.29, 1.82) is 0 Å². The Hall–Kier alpha value is -2.41. The van der Waals surface area contributed by atoms with Gasteiger partial charge in [-0.1, -0.05) is 0 Å². The standard InChI is InChI=1S/C19H19FN2O3S/c1-11-8-15(5-6-17(11)20)26(24,25)21-14-9-13-4-3-7-22-18(13)16(10-14)12(2)19(22)23/h5-6,8-10,12,21H,3-4,7H2,1-2H3/t12-/m1/s1. The summed E-state index contributed by atoms with van der Waals surface area (Å²) >= 11 is 0. The largest absolute Gasteiger partial charge is 0.311 e. The molecule has 5 nitrogen and oxygen atoms in total. The highest BCUT2D eigenvalue weighted by Gasteiger charge is 2.38. The monoisotopic (exact) mass is 374 g/mol. The topological polar surface area (TPSA) is 66.5 Å². The van der Waals surface area contributed by atoms with E-state index < -0.39 is 15.8 Å².